The average molecular weight is 369 g/mol. The normalized spacial score (nSPS) is 29.9. The minimum absolute atomic E-state index is 0.177. The van der Waals surface area contributed by atoms with Crippen molar-refractivity contribution in [2.45, 2.75) is 58.0 Å². The van der Waals surface area contributed by atoms with Gasteiger partial charge in [0, 0.05) is 20.8 Å². The Balaban J connectivity index is 1.94. The Labute approximate surface area is 148 Å². The predicted octanol–water partition coefficient (Wildman–Crippen LogP) is -0.499. The summed E-state index contributed by atoms with van der Waals surface area (Å²) in [6.45, 7) is 3.68. The highest BCUT2D eigenvalue weighted by molar-refractivity contribution is 5.67. The Bertz CT molecular complexity index is 705. The fourth-order valence-corrected chi connectivity index (χ4v) is 3.03. The van der Waals surface area contributed by atoms with Crippen LogP contribution in [0, 0.1) is 0 Å². The van der Waals surface area contributed by atoms with Gasteiger partial charge in [0.1, 0.15) is 18.8 Å². The zero-order valence-electron chi connectivity index (χ0n) is 14.5. The van der Waals surface area contributed by atoms with Gasteiger partial charge in [-0.05, 0) is 0 Å². The molecule has 0 unspecified atom stereocenters. The molecule has 11 heteroatoms. The molecule has 1 saturated heterocycles. The van der Waals surface area contributed by atoms with Crippen LogP contribution >= 0.6 is 0 Å². The van der Waals surface area contributed by atoms with E-state index in [-0.39, 0.29) is 13.2 Å². The lowest BCUT2D eigenvalue weighted by Crippen LogP contribution is -2.61. The summed E-state index contributed by atoms with van der Waals surface area (Å²) in [5.74, 6) is -1.70. The Morgan fingerprint density at radius 3 is 2.50 bits per heavy atom. The van der Waals surface area contributed by atoms with Crippen molar-refractivity contribution in [1.29, 1.82) is 0 Å². The topological polar surface area (TPSA) is 128 Å². The van der Waals surface area contributed by atoms with Crippen molar-refractivity contribution in [2.75, 3.05) is 6.61 Å². The van der Waals surface area contributed by atoms with Crippen molar-refractivity contribution in [3.8, 4) is 0 Å². The summed E-state index contributed by atoms with van der Waals surface area (Å²) in [6, 6.07) is 0. The minimum atomic E-state index is -1.01. The molecular weight excluding hydrogens is 350 g/mol. The van der Waals surface area contributed by atoms with E-state index in [1.165, 1.54) is 31.6 Å². The van der Waals surface area contributed by atoms with E-state index >= 15 is 0 Å². The van der Waals surface area contributed by atoms with Crippen LogP contribution in [0.4, 0.5) is 0 Å². The SMILES string of the molecule is CC(=O)OC[C@H]1O[C@@H]2[C@H](OCc3cnnn32)[C@@H](OC(C)=O)[C@@H]1OC(C)=O. The van der Waals surface area contributed by atoms with Crippen molar-refractivity contribution in [3.63, 3.8) is 0 Å². The van der Waals surface area contributed by atoms with Gasteiger partial charge in [-0.3, -0.25) is 14.4 Å². The number of hydrogen-bond acceptors (Lipinski definition) is 10. The summed E-state index contributed by atoms with van der Waals surface area (Å²) in [7, 11) is 0. The molecule has 1 aromatic rings. The van der Waals surface area contributed by atoms with Crippen molar-refractivity contribution < 1.29 is 38.1 Å². The van der Waals surface area contributed by atoms with E-state index < -0.39 is 48.6 Å². The maximum atomic E-state index is 11.6. The Morgan fingerprint density at radius 1 is 1.15 bits per heavy atom. The highest BCUT2D eigenvalue weighted by Gasteiger charge is 2.53. The van der Waals surface area contributed by atoms with Crippen LogP contribution in [0.5, 0.6) is 0 Å². The van der Waals surface area contributed by atoms with E-state index in [4.69, 9.17) is 23.7 Å². The number of fused-ring (bicyclic) bond motifs is 3. The van der Waals surface area contributed by atoms with Crippen LogP contribution in [0.3, 0.4) is 0 Å². The molecule has 2 aliphatic rings. The Kier molecular flexibility index (Phi) is 5.18. The fourth-order valence-electron chi connectivity index (χ4n) is 3.03. The zero-order chi connectivity index (χ0) is 18.8. The van der Waals surface area contributed by atoms with Gasteiger partial charge in [0.25, 0.3) is 0 Å². The summed E-state index contributed by atoms with van der Waals surface area (Å²) in [4.78, 5) is 34.3. The van der Waals surface area contributed by atoms with Crippen molar-refractivity contribution in [3.05, 3.63) is 11.9 Å². The highest BCUT2D eigenvalue weighted by Crippen LogP contribution is 2.37. The van der Waals surface area contributed by atoms with Crippen LogP contribution in [0.25, 0.3) is 0 Å². The molecule has 0 radical (unpaired) electrons. The van der Waals surface area contributed by atoms with E-state index in [9.17, 15) is 14.4 Å². The Hall–Kier alpha value is -2.53. The average Bonchev–Trinajstić information content (AvgIpc) is 3.03. The van der Waals surface area contributed by atoms with Crippen molar-refractivity contribution >= 4 is 17.9 Å². The molecule has 26 heavy (non-hydrogen) atoms. The lowest BCUT2D eigenvalue weighted by molar-refractivity contribution is -0.286. The number of aromatic nitrogens is 3. The molecule has 3 rings (SSSR count). The largest absolute Gasteiger partial charge is 0.463 e. The predicted molar refractivity (Wildman–Crippen MR) is 80.3 cm³/mol. The second kappa shape index (κ2) is 7.38. The number of carbonyl (C=O) groups excluding carboxylic acids is 3. The molecule has 0 bridgehead atoms. The third kappa shape index (κ3) is 3.68. The molecule has 0 saturated carbocycles. The molecule has 1 fully saturated rings. The van der Waals surface area contributed by atoms with Gasteiger partial charge in [-0.1, -0.05) is 5.21 Å². The first-order chi connectivity index (χ1) is 12.4. The number of rotatable bonds is 4. The maximum Gasteiger partial charge on any atom is 0.303 e. The number of esters is 3. The first-order valence-corrected chi connectivity index (χ1v) is 8.00. The lowest BCUT2D eigenvalue weighted by atomic mass is 9.96. The zero-order valence-corrected chi connectivity index (χ0v) is 14.5. The lowest BCUT2D eigenvalue weighted by Gasteiger charge is -2.46. The summed E-state index contributed by atoms with van der Waals surface area (Å²) in [5.41, 5.74) is 0.671. The molecule has 142 valence electrons. The van der Waals surface area contributed by atoms with Crippen LogP contribution in [0.15, 0.2) is 6.20 Å². The smallest absolute Gasteiger partial charge is 0.303 e. The number of hydrogen-bond donors (Lipinski definition) is 0. The molecule has 0 aliphatic carbocycles. The van der Waals surface area contributed by atoms with Gasteiger partial charge in [0.05, 0.1) is 18.5 Å². The van der Waals surface area contributed by atoms with Crippen LogP contribution in [-0.2, 0) is 44.7 Å². The third-order valence-electron chi connectivity index (χ3n) is 3.98. The van der Waals surface area contributed by atoms with E-state index in [2.05, 4.69) is 10.3 Å². The van der Waals surface area contributed by atoms with Gasteiger partial charge in [-0.25, -0.2) is 4.68 Å². The second-order valence-electron chi connectivity index (χ2n) is 5.96. The van der Waals surface area contributed by atoms with E-state index in [1.807, 2.05) is 0 Å². The molecule has 2 aliphatic heterocycles. The quantitative estimate of drug-likeness (QED) is 0.506. The molecule has 0 aromatic carbocycles. The van der Waals surface area contributed by atoms with Crippen LogP contribution in [0.2, 0.25) is 0 Å². The van der Waals surface area contributed by atoms with Crippen LogP contribution < -0.4 is 0 Å². The van der Waals surface area contributed by atoms with Gasteiger partial charge in [0.2, 0.25) is 0 Å². The molecule has 0 N–H and O–H groups in total. The van der Waals surface area contributed by atoms with Gasteiger partial charge in [0.15, 0.2) is 18.4 Å². The standard InChI is InChI=1S/C15H19N3O8/c1-7(19)22-6-11-12(24-8(2)20)13(25-9(3)21)14-15(26-11)18-10(5-23-14)4-16-17-18/h4,11-15H,5-6H2,1-3H3/t11-,12-,13+,14-,15-/m1/s1. The van der Waals surface area contributed by atoms with Crippen molar-refractivity contribution in [1.82, 2.24) is 15.0 Å². The van der Waals surface area contributed by atoms with Crippen LogP contribution in [-0.4, -0.2) is 63.9 Å². The number of carbonyl (C=O) groups is 3. The molecule has 0 amide bonds. The summed E-state index contributed by atoms with van der Waals surface area (Å²) >= 11 is 0. The second-order valence-corrected chi connectivity index (χ2v) is 5.96. The minimum Gasteiger partial charge on any atom is -0.463 e. The molecule has 5 atom stereocenters. The maximum absolute atomic E-state index is 11.6. The third-order valence-corrected chi connectivity index (χ3v) is 3.98. The highest BCUT2D eigenvalue weighted by atomic mass is 16.7. The molecule has 3 heterocycles. The van der Waals surface area contributed by atoms with Gasteiger partial charge >= 0.3 is 17.9 Å². The number of ether oxygens (including phenoxy) is 5. The van der Waals surface area contributed by atoms with E-state index in [0.29, 0.717) is 5.69 Å². The summed E-state index contributed by atoms with van der Waals surface area (Å²) in [5, 5.41) is 7.80. The fraction of sp³-hybridized carbons (Fsp3) is 0.667. The molecule has 11 nitrogen and oxygen atoms in total. The van der Waals surface area contributed by atoms with E-state index in [1.54, 1.807) is 0 Å². The molecule has 0 spiro atoms. The first-order valence-electron chi connectivity index (χ1n) is 8.00. The Morgan fingerprint density at radius 2 is 1.85 bits per heavy atom. The van der Waals surface area contributed by atoms with Gasteiger partial charge in [-0.15, -0.1) is 5.10 Å². The van der Waals surface area contributed by atoms with Gasteiger partial charge < -0.3 is 23.7 Å². The first kappa shape index (κ1) is 18.3. The molecular formula is C15H19N3O8. The summed E-state index contributed by atoms with van der Waals surface area (Å²) in [6.07, 6.45) is -2.88. The molecule has 1 aromatic heterocycles. The summed E-state index contributed by atoms with van der Waals surface area (Å²) < 4.78 is 28.9. The van der Waals surface area contributed by atoms with Gasteiger partial charge in [-0.2, -0.15) is 0 Å². The van der Waals surface area contributed by atoms with E-state index in [0.717, 1.165) is 0 Å². The van der Waals surface area contributed by atoms with Crippen molar-refractivity contribution in [2.24, 2.45) is 0 Å². The number of nitrogens with zero attached hydrogens (tertiary/aromatic N) is 3. The van der Waals surface area contributed by atoms with Crippen LogP contribution in [0.1, 0.15) is 32.7 Å². The monoisotopic (exact) mass is 369 g/mol.